The van der Waals surface area contributed by atoms with Crippen molar-refractivity contribution in [3.05, 3.63) is 59.0 Å². The van der Waals surface area contributed by atoms with Crippen LogP contribution in [0.15, 0.2) is 53.6 Å². The Morgan fingerprint density at radius 1 is 1.07 bits per heavy atom. The molecule has 0 bridgehead atoms. The molecule has 0 spiro atoms. The highest BCUT2D eigenvalue weighted by Crippen LogP contribution is 2.30. The van der Waals surface area contributed by atoms with E-state index in [9.17, 15) is 0 Å². The van der Waals surface area contributed by atoms with E-state index in [0.717, 1.165) is 38.3 Å². The molecule has 0 saturated carbocycles. The molecular weight excluding hydrogens is 358 g/mol. The highest BCUT2D eigenvalue weighted by molar-refractivity contribution is 7.15. The third-order valence-electron chi connectivity index (χ3n) is 3.80. The fourth-order valence-electron chi connectivity index (χ4n) is 2.62. The predicted octanol–water partition coefficient (Wildman–Crippen LogP) is 5.36. The summed E-state index contributed by atoms with van der Waals surface area (Å²) in [5, 5.41) is 5.09. The van der Waals surface area contributed by atoms with Crippen LogP contribution >= 0.6 is 11.3 Å². The molecule has 1 aromatic heterocycles. The van der Waals surface area contributed by atoms with Gasteiger partial charge in [0.05, 0.1) is 25.1 Å². The molecule has 140 valence electrons. The number of aryl methyl sites for hydroxylation is 1. The Morgan fingerprint density at radius 3 is 2.59 bits per heavy atom. The smallest absolute Gasteiger partial charge is 0.204 e. The Morgan fingerprint density at radius 2 is 1.85 bits per heavy atom. The fraction of sp³-hybridized carbons (Fsp3) is 0.238. The number of aromatic nitrogens is 1. The molecule has 0 radical (unpaired) electrons. The largest absolute Gasteiger partial charge is 0.494 e. The summed E-state index contributed by atoms with van der Waals surface area (Å²) in [6.45, 7) is 7.17. The topological polar surface area (TPSA) is 55.7 Å². The standard InChI is InChI=1S/C21H23N3O2S/c1-4-25-18-12-11-17(19(13-18)26-5-2)14-22-24-21-23-20(15(3)27-21)16-9-7-6-8-10-16/h6-14H,4-5H2,1-3H3,(H,23,24)/b22-14-. The summed E-state index contributed by atoms with van der Waals surface area (Å²) in [6, 6.07) is 15.9. The van der Waals surface area contributed by atoms with Gasteiger partial charge in [-0.15, -0.1) is 11.3 Å². The average molecular weight is 382 g/mol. The van der Waals surface area contributed by atoms with Gasteiger partial charge in [0, 0.05) is 22.1 Å². The van der Waals surface area contributed by atoms with Gasteiger partial charge in [-0.25, -0.2) is 4.98 Å². The molecule has 27 heavy (non-hydrogen) atoms. The summed E-state index contributed by atoms with van der Waals surface area (Å²) < 4.78 is 11.2. The summed E-state index contributed by atoms with van der Waals surface area (Å²) in [4.78, 5) is 5.80. The molecule has 0 unspecified atom stereocenters. The van der Waals surface area contributed by atoms with Gasteiger partial charge in [0.1, 0.15) is 11.5 Å². The maximum atomic E-state index is 5.70. The Hall–Kier alpha value is -2.86. The molecule has 3 aromatic rings. The van der Waals surface area contributed by atoms with Gasteiger partial charge in [0.2, 0.25) is 5.13 Å². The first kappa shape index (κ1) is 18.9. The Kier molecular flexibility index (Phi) is 6.44. The van der Waals surface area contributed by atoms with Gasteiger partial charge < -0.3 is 9.47 Å². The van der Waals surface area contributed by atoms with Crippen molar-refractivity contribution in [3.8, 4) is 22.8 Å². The van der Waals surface area contributed by atoms with Crippen molar-refractivity contribution in [1.82, 2.24) is 4.98 Å². The Bertz CT molecular complexity index is 907. The second-order valence-electron chi connectivity index (χ2n) is 5.73. The van der Waals surface area contributed by atoms with Gasteiger partial charge in [-0.05, 0) is 32.9 Å². The normalized spacial score (nSPS) is 10.9. The first-order valence-electron chi connectivity index (χ1n) is 8.92. The molecule has 0 aliphatic heterocycles. The molecule has 1 N–H and O–H groups in total. The number of anilines is 1. The Labute approximate surface area is 163 Å². The van der Waals surface area contributed by atoms with Crippen molar-refractivity contribution < 1.29 is 9.47 Å². The van der Waals surface area contributed by atoms with E-state index < -0.39 is 0 Å². The predicted molar refractivity (Wildman–Crippen MR) is 112 cm³/mol. The van der Waals surface area contributed by atoms with Crippen LogP contribution in [-0.2, 0) is 0 Å². The number of thiazole rings is 1. The molecule has 0 aliphatic rings. The summed E-state index contributed by atoms with van der Waals surface area (Å²) in [6.07, 6.45) is 1.74. The summed E-state index contributed by atoms with van der Waals surface area (Å²) in [5.74, 6) is 1.53. The number of ether oxygens (including phenoxy) is 2. The van der Waals surface area contributed by atoms with Crippen molar-refractivity contribution in [1.29, 1.82) is 0 Å². The molecular formula is C21H23N3O2S. The molecule has 6 heteroatoms. The highest BCUT2D eigenvalue weighted by atomic mass is 32.1. The SMILES string of the molecule is CCOc1ccc(/C=N\Nc2nc(-c3ccccc3)c(C)s2)c(OCC)c1. The van der Waals surface area contributed by atoms with Crippen LogP contribution in [0.2, 0.25) is 0 Å². The van der Waals surface area contributed by atoms with Crippen LogP contribution in [0, 0.1) is 6.92 Å². The van der Waals surface area contributed by atoms with Crippen molar-refractivity contribution >= 4 is 22.7 Å². The number of hydrazone groups is 1. The first-order valence-corrected chi connectivity index (χ1v) is 9.74. The zero-order valence-electron chi connectivity index (χ0n) is 15.7. The minimum Gasteiger partial charge on any atom is -0.494 e. The van der Waals surface area contributed by atoms with Gasteiger partial charge in [-0.2, -0.15) is 5.10 Å². The molecule has 0 amide bonds. The van der Waals surface area contributed by atoms with Crippen molar-refractivity contribution in [3.63, 3.8) is 0 Å². The number of nitrogens with one attached hydrogen (secondary N) is 1. The first-order chi connectivity index (χ1) is 13.2. The lowest BCUT2D eigenvalue weighted by molar-refractivity contribution is 0.323. The van der Waals surface area contributed by atoms with E-state index in [-0.39, 0.29) is 0 Å². The van der Waals surface area contributed by atoms with E-state index in [1.807, 2.05) is 50.2 Å². The molecule has 0 fully saturated rings. The van der Waals surface area contributed by atoms with Crippen LogP contribution in [-0.4, -0.2) is 24.4 Å². The number of hydrogen-bond acceptors (Lipinski definition) is 6. The lowest BCUT2D eigenvalue weighted by Gasteiger charge is -2.09. The minimum atomic E-state index is 0.579. The van der Waals surface area contributed by atoms with Crippen LogP contribution in [0.1, 0.15) is 24.3 Å². The van der Waals surface area contributed by atoms with Gasteiger partial charge in [-0.1, -0.05) is 30.3 Å². The monoisotopic (exact) mass is 381 g/mol. The van der Waals surface area contributed by atoms with E-state index in [1.165, 1.54) is 0 Å². The summed E-state index contributed by atoms with van der Waals surface area (Å²) in [7, 11) is 0. The zero-order valence-corrected chi connectivity index (χ0v) is 16.5. The van der Waals surface area contributed by atoms with Gasteiger partial charge in [0.15, 0.2) is 0 Å². The van der Waals surface area contributed by atoms with E-state index in [1.54, 1.807) is 17.6 Å². The maximum absolute atomic E-state index is 5.70. The van der Waals surface area contributed by atoms with E-state index in [2.05, 4.69) is 34.6 Å². The third-order valence-corrected chi connectivity index (χ3v) is 4.68. The minimum absolute atomic E-state index is 0.579. The second-order valence-corrected chi connectivity index (χ2v) is 6.93. The van der Waals surface area contributed by atoms with Crippen LogP contribution in [0.25, 0.3) is 11.3 Å². The molecule has 3 rings (SSSR count). The highest BCUT2D eigenvalue weighted by Gasteiger charge is 2.09. The molecule has 1 heterocycles. The zero-order chi connectivity index (χ0) is 19.1. The molecule has 2 aromatic carbocycles. The lowest BCUT2D eigenvalue weighted by atomic mass is 10.1. The van der Waals surface area contributed by atoms with E-state index in [0.29, 0.717) is 13.2 Å². The fourth-order valence-corrected chi connectivity index (χ4v) is 3.41. The van der Waals surface area contributed by atoms with E-state index in [4.69, 9.17) is 9.47 Å². The average Bonchev–Trinajstić information content (AvgIpc) is 3.05. The number of benzene rings is 2. The van der Waals surface area contributed by atoms with Crippen molar-refractivity contribution in [2.45, 2.75) is 20.8 Å². The van der Waals surface area contributed by atoms with Crippen LogP contribution in [0.4, 0.5) is 5.13 Å². The number of hydrogen-bond donors (Lipinski definition) is 1. The summed E-state index contributed by atoms with van der Waals surface area (Å²) >= 11 is 1.58. The molecule has 0 aliphatic carbocycles. The van der Waals surface area contributed by atoms with E-state index >= 15 is 0 Å². The quantitative estimate of drug-likeness (QED) is 0.421. The van der Waals surface area contributed by atoms with Crippen molar-refractivity contribution in [2.75, 3.05) is 18.6 Å². The van der Waals surface area contributed by atoms with Gasteiger partial charge in [-0.3, -0.25) is 5.43 Å². The second kappa shape index (κ2) is 9.19. The third kappa shape index (κ3) is 4.86. The van der Waals surface area contributed by atoms with Gasteiger partial charge >= 0.3 is 0 Å². The van der Waals surface area contributed by atoms with Crippen molar-refractivity contribution in [2.24, 2.45) is 5.10 Å². The van der Waals surface area contributed by atoms with Gasteiger partial charge in [0.25, 0.3) is 0 Å². The molecule has 5 nitrogen and oxygen atoms in total. The maximum Gasteiger partial charge on any atom is 0.204 e. The number of nitrogens with zero attached hydrogens (tertiary/aromatic N) is 2. The van der Waals surface area contributed by atoms with Crippen LogP contribution < -0.4 is 14.9 Å². The molecule has 0 saturated heterocycles. The number of rotatable bonds is 8. The van der Waals surface area contributed by atoms with Crippen LogP contribution in [0.3, 0.4) is 0 Å². The lowest BCUT2D eigenvalue weighted by Crippen LogP contribution is -1.99. The van der Waals surface area contributed by atoms with Crippen LogP contribution in [0.5, 0.6) is 11.5 Å². The summed E-state index contributed by atoms with van der Waals surface area (Å²) in [5.41, 5.74) is 5.99. The Balaban J connectivity index is 1.74. The molecule has 0 atom stereocenters.